The molecular formula is C22H32F3N3O3S2. The van der Waals surface area contributed by atoms with E-state index < -0.39 is 34.5 Å². The van der Waals surface area contributed by atoms with Crippen molar-refractivity contribution in [1.82, 2.24) is 14.5 Å². The number of nitrogens with one attached hydrogen (secondary N) is 1. The third-order valence-electron chi connectivity index (χ3n) is 6.56. The van der Waals surface area contributed by atoms with Gasteiger partial charge in [0.15, 0.2) is 0 Å². The normalized spacial score (nSPS) is 22.0. The quantitative estimate of drug-likeness (QED) is 0.417. The zero-order chi connectivity index (χ0) is 24.2. The predicted octanol–water partition coefficient (Wildman–Crippen LogP) is 3.49. The Morgan fingerprint density at radius 3 is 2.42 bits per heavy atom. The van der Waals surface area contributed by atoms with Crippen LogP contribution in [0.15, 0.2) is 17.0 Å². The highest BCUT2D eigenvalue weighted by atomic mass is 32.2. The van der Waals surface area contributed by atoms with Gasteiger partial charge in [-0.25, -0.2) is 13.2 Å². The Morgan fingerprint density at radius 2 is 1.85 bits per heavy atom. The summed E-state index contributed by atoms with van der Waals surface area (Å²) in [6.07, 6.45) is 0.822. The number of amides is 1. The highest BCUT2D eigenvalue weighted by molar-refractivity contribution is 7.89. The number of benzene rings is 1. The lowest BCUT2D eigenvalue weighted by Crippen LogP contribution is -2.63. The molecule has 1 N–H and O–H groups in total. The van der Waals surface area contributed by atoms with Crippen molar-refractivity contribution < 1.29 is 27.3 Å². The van der Waals surface area contributed by atoms with Crippen molar-refractivity contribution in [3.63, 3.8) is 0 Å². The molecule has 1 aromatic rings. The van der Waals surface area contributed by atoms with Crippen molar-refractivity contribution in [1.29, 1.82) is 0 Å². The Morgan fingerprint density at radius 1 is 1.21 bits per heavy atom. The molecule has 0 radical (unpaired) electrons. The van der Waals surface area contributed by atoms with Gasteiger partial charge in [0.1, 0.15) is 17.3 Å². The van der Waals surface area contributed by atoms with Crippen LogP contribution in [-0.4, -0.2) is 76.7 Å². The zero-order valence-corrected chi connectivity index (χ0v) is 20.8. The highest BCUT2D eigenvalue weighted by Gasteiger charge is 2.47. The lowest BCUT2D eigenvalue weighted by Gasteiger charge is -2.50. The van der Waals surface area contributed by atoms with E-state index in [4.69, 9.17) is 4.74 Å². The zero-order valence-electron chi connectivity index (χ0n) is 19.0. The smallest absolute Gasteiger partial charge is 0.256 e. The molecule has 11 heteroatoms. The average molecular weight is 508 g/mol. The van der Waals surface area contributed by atoms with Crippen molar-refractivity contribution in [2.75, 3.05) is 45.6 Å². The molecule has 1 atom stereocenters. The molecule has 33 heavy (non-hydrogen) atoms. The summed E-state index contributed by atoms with van der Waals surface area (Å²) in [5, 5.41) is 2.87. The van der Waals surface area contributed by atoms with E-state index in [9.17, 15) is 22.5 Å². The number of thiol groups is 1. The fourth-order valence-corrected chi connectivity index (χ4v) is 6.16. The van der Waals surface area contributed by atoms with Crippen LogP contribution >= 0.6 is 12.6 Å². The molecule has 1 saturated carbocycles. The first-order valence-corrected chi connectivity index (χ1v) is 12.9. The van der Waals surface area contributed by atoms with Gasteiger partial charge in [-0.2, -0.15) is 0 Å². The van der Waals surface area contributed by atoms with E-state index in [0.29, 0.717) is 31.9 Å². The second-order valence-corrected chi connectivity index (χ2v) is 10.8. The minimum atomic E-state index is -2.71. The number of ether oxygens (including phenoxy) is 1. The maximum absolute atomic E-state index is 14.0. The van der Waals surface area contributed by atoms with Crippen LogP contribution in [0.25, 0.3) is 0 Å². The van der Waals surface area contributed by atoms with Crippen LogP contribution in [0.5, 0.6) is 5.75 Å². The van der Waals surface area contributed by atoms with Crippen molar-refractivity contribution in [3.8, 4) is 5.75 Å². The van der Waals surface area contributed by atoms with E-state index in [1.54, 1.807) is 0 Å². The molecule has 2 aliphatic rings. The van der Waals surface area contributed by atoms with Gasteiger partial charge in [0.2, 0.25) is 5.92 Å². The van der Waals surface area contributed by atoms with E-state index >= 15 is 0 Å². The van der Waals surface area contributed by atoms with E-state index in [0.717, 1.165) is 18.6 Å². The Bertz CT molecular complexity index is 829. The first kappa shape index (κ1) is 26.5. The lowest BCUT2D eigenvalue weighted by molar-refractivity contribution is -0.0856. The molecule has 0 spiro atoms. The van der Waals surface area contributed by atoms with Crippen molar-refractivity contribution in [2.45, 2.75) is 55.4 Å². The van der Waals surface area contributed by atoms with Gasteiger partial charge < -0.3 is 14.6 Å². The summed E-state index contributed by atoms with van der Waals surface area (Å²) >= 11 is 3.18. The fourth-order valence-electron chi connectivity index (χ4n) is 4.65. The van der Waals surface area contributed by atoms with Crippen LogP contribution in [0.3, 0.4) is 0 Å². The lowest BCUT2D eigenvalue weighted by atomic mass is 9.78. The van der Waals surface area contributed by atoms with Gasteiger partial charge in [0.25, 0.3) is 5.91 Å². The SMILES string of the molecule is CCC[S+]([O-])N1CCN(C2(CNC(=O)c3c(S)cc(F)cc3OC)CCC(F)(F)CC2)CC1. The average Bonchev–Trinajstić information content (AvgIpc) is 2.78. The van der Waals surface area contributed by atoms with E-state index in [2.05, 4.69) is 22.8 Å². The Kier molecular flexibility index (Phi) is 8.88. The van der Waals surface area contributed by atoms with E-state index in [1.807, 2.05) is 11.2 Å². The number of hydrogen-bond acceptors (Lipinski definition) is 6. The third-order valence-corrected chi connectivity index (χ3v) is 8.61. The van der Waals surface area contributed by atoms with Gasteiger partial charge in [0, 0.05) is 60.3 Å². The molecule has 1 aromatic carbocycles. The van der Waals surface area contributed by atoms with Crippen LogP contribution in [0.4, 0.5) is 13.2 Å². The number of rotatable bonds is 8. The topological polar surface area (TPSA) is 67.9 Å². The van der Waals surface area contributed by atoms with Crippen LogP contribution in [0.1, 0.15) is 49.4 Å². The van der Waals surface area contributed by atoms with Crippen molar-refractivity contribution in [3.05, 3.63) is 23.5 Å². The van der Waals surface area contributed by atoms with E-state index in [-0.39, 0.29) is 48.4 Å². The number of halogens is 3. The third kappa shape index (κ3) is 6.30. The van der Waals surface area contributed by atoms with Crippen LogP contribution in [0, 0.1) is 5.82 Å². The molecule has 1 unspecified atom stereocenters. The highest BCUT2D eigenvalue weighted by Crippen LogP contribution is 2.42. The molecular weight excluding hydrogens is 475 g/mol. The summed E-state index contributed by atoms with van der Waals surface area (Å²) in [5.41, 5.74) is -0.516. The van der Waals surface area contributed by atoms with Gasteiger partial charge >= 0.3 is 0 Å². The van der Waals surface area contributed by atoms with Gasteiger partial charge in [-0.05, 0) is 25.3 Å². The Hall–Kier alpha value is -1.14. The van der Waals surface area contributed by atoms with Crippen LogP contribution < -0.4 is 10.1 Å². The van der Waals surface area contributed by atoms with Crippen LogP contribution in [0.2, 0.25) is 0 Å². The Labute approximate surface area is 201 Å². The van der Waals surface area contributed by atoms with Crippen molar-refractivity contribution in [2.24, 2.45) is 0 Å². The first-order chi connectivity index (χ1) is 15.6. The first-order valence-electron chi connectivity index (χ1n) is 11.2. The molecule has 1 aliphatic carbocycles. The van der Waals surface area contributed by atoms with E-state index in [1.165, 1.54) is 7.11 Å². The second kappa shape index (κ2) is 11.1. The number of alkyl halides is 2. The minimum absolute atomic E-state index is 0.0637. The summed E-state index contributed by atoms with van der Waals surface area (Å²) in [7, 11) is 1.34. The predicted molar refractivity (Wildman–Crippen MR) is 125 cm³/mol. The van der Waals surface area contributed by atoms with Crippen molar-refractivity contribution >= 4 is 29.9 Å². The number of methoxy groups -OCH3 is 1. The molecule has 3 rings (SSSR count). The van der Waals surface area contributed by atoms with Gasteiger partial charge in [-0.15, -0.1) is 16.9 Å². The fraction of sp³-hybridized carbons (Fsp3) is 0.682. The maximum atomic E-state index is 14.0. The number of carbonyl (C=O) groups excluding carboxylic acids is 1. The monoisotopic (exact) mass is 507 g/mol. The summed E-state index contributed by atoms with van der Waals surface area (Å²) in [5.74, 6) is -3.10. The molecule has 6 nitrogen and oxygen atoms in total. The summed E-state index contributed by atoms with van der Waals surface area (Å²) in [4.78, 5) is 15.3. The number of nitrogens with zero attached hydrogens (tertiary/aromatic N) is 2. The molecule has 0 bridgehead atoms. The molecule has 186 valence electrons. The van der Waals surface area contributed by atoms with Crippen LogP contribution in [-0.2, 0) is 11.4 Å². The number of hydrogen-bond donors (Lipinski definition) is 2. The van der Waals surface area contributed by atoms with Gasteiger partial charge in [-0.3, -0.25) is 9.69 Å². The molecule has 2 fully saturated rings. The summed E-state index contributed by atoms with van der Waals surface area (Å²) in [6, 6.07) is 2.24. The largest absolute Gasteiger partial charge is 0.598 e. The molecule has 0 aromatic heterocycles. The number of carbonyl (C=O) groups is 1. The minimum Gasteiger partial charge on any atom is -0.598 e. The molecule has 1 amide bonds. The second-order valence-electron chi connectivity index (χ2n) is 8.71. The Balaban J connectivity index is 1.74. The maximum Gasteiger partial charge on any atom is 0.256 e. The van der Waals surface area contributed by atoms with Gasteiger partial charge in [-0.1, -0.05) is 6.92 Å². The molecule has 1 heterocycles. The number of piperazine rings is 1. The standard InChI is InChI=1S/C22H32F3N3O3S2/c1-3-12-33(30)28-10-8-27(9-11-28)21(4-6-22(24,25)7-5-21)15-26-20(29)19-17(31-2)13-16(23)14-18(19)32/h13-14,32H,3-12,15H2,1-2H3,(H,26,29). The van der Waals surface area contributed by atoms with Gasteiger partial charge in [0.05, 0.1) is 25.8 Å². The molecule has 1 aliphatic heterocycles. The summed E-state index contributed by atoms with van der Waals surface area (Å²) in [6.45, 7) is 4.52. The summed E-state index contributed by atoms with van der Waals surface area (Å²) < 4.78 is 61.1. The molecule has 1 saturated heterocycles.